The van der Waals surface area contributed by atoms with Crippen LogP contribution in [0.5, 0.6) is 0 Å². The summed E-state index contributed by atoms with van der Waals surface area (Å²) in [4.78, 5) is 0. The second-order valence-electron chi connectivity index (χ2n) is 12.4. The number of rotatable bonds is 40. The van der Waals surface area contributed by atoms with Crippen LogP contribution in [0, 0.1) is 11.8 Å². The molecule has 0 aromatic rings. The zero-order valence-electron chi connectivity index (χ0n) is 33.1. The van der Waals surface area contributed by atoms with Gasteiger partial charge in [0, 0.05) is 74.7 Å². The van der Waals surface area contributed by atoms with Gasteiger partial charge in [0.05, 0.1) is 0 Å². The van der Waals surface area contributed by atoms with Gasteiger partial charge in [0.1, 0.15) is 0 Å². The lowest BCUT2D eigenvalue weighted by Crippen LogP contribution is -2.45. The zero-order chi connectivity index (χ0) is 37.9. The highest BCUT2D eigenvalue weighted by molar-refractivity contribution is 9.36. The van der Waals surface area contributed by atoms with Crippen molar-refractivity contribution in [3.63, 3.8) is 0 Å². The van der Waals surface area contributed by atoms with Crippen LogP contribution < -0.4 is 0 Å². The highest BCUT2D eigenvalue weighted by Crippen LogP contribution is 2.51. The summed E-state index contributed by atoms with van der Waals surface area (Å²) in [6, 6.07) is 1.89. The largest absolute Gasteiger partial charge is 0.500 e. The summed E-state index contributed by atoms with van der Waals surface area (Å²) >= 11 is 0. The first-order valence-corrected chi connectivity index (χ1v) is 36.7. The molecule has 0 aromatic heterocycles. The third-order valence-corrected chi connectivity index (χ3v) is 32.5. The van der Waals surface area contributed by atoms with Gasteiger partial charge in [-0.05, 0) is 151 Å². The van der Waals surface area contributed by atoms with Gasteiger partial charge in [-0.2, -0.15) is 0 Å². The van der Waals surface area contributed by atoms with E-state index >= 15 is 0 Å². The van der Waals surface area contributed by atoms with E-state index in [4.69, 9.17) is 26.6 Å². The van der Waals surface area contributed by atoms with E-state index < -0.39 is 17.6 Å². The molecule has 312 valence electrons. The van der Waals surface area contributed by atoms with Crippen molar-refractivity contribution in [1.29, 1.82) is 0 Å². The molecule has 2 atom stereocenters. The normalized spacial score (nSPS) is 17.0. The molecule has 0 radical (unpaired) electrons. The number of hydrogen-bond donors (Lipinski definition) is 0. The van der Waals surface area contributed by atoms with Crippen LogP contribution in [0.2, 0.25) is 12.1 Å². The SMILES string of the molecule is CCO[Si](CCCCCCSSSSSCCC1CCCCC1CCSSSSSCCCCCC[Si](OCC)(OCC)OCC)(OCC)OCC. The summed E-state index contributed by atoms with van der Waals surface area (Å²) in [5, 5.41) is 0. The van der Waals surface area contributed by atoms with Gasteiger partial charge in [0.25, 0.3) is 0 Å². The van der Waals surface area contributed by atoms with E-state index in [0.717, 1.165) is 36.8 Å². The lowest BCUT2D eigenvalue weighted by molar-refractivity contribution is 0.0698. The Morgan fingerprint density at radius 2 is 0.692 bits per heavy atom. The average molecular weight is 954 g/mol. The molecule has 52 heavy (non-hydrogen) atoms. The molecule has 6 nitrogen and oxygen atoms in total. The first-order chi connectivity index (χ1) is 25.5. The third kappa shape index (κ3) is 28.2. The van der Waals surface area contributed by atoms with Crippen molar-refractivity contribution < 1.29 is 26.6 Å². The lowest BCUT2D eigenvalue weighted by Gasteiger charge is -2.31. The molecule has 1 rings (SSSR count). The Morgan fingerprint density at radius 1 is 0.385 bits per heavy atom. The Kier molecular flexibility index (Phi) is 40.1. The van der Waals surface area contributed by atoms with Crippen LogP contribution >= 0.6 is 102 Å². The van der Waals surface area contributed by atoms with Gasteiger partial charge in [0.2, 0.25) is 0 Å². The predicted octanol–water partition coefficient (Wildman–Crippen LogP) is 15.4. The fourth-order valence-corrected chi connectivity index (χ4v) is 29.8. The molecular weight excluding hydrogens is 881 g/mol. The number of unbranched alkanes of at least 4 members (excludes halogenated alkanes) is 6. The Labute approximate surface area is 360 Å². The first kappa shape index (κ1) is 53.7. The van der Waals surface area contributed by atoms with Crippen LogP contribution in [-0.2, 0) is 26.6 Å². The molecule has 1 saturated carbocycles. The van der Waals surface area contributed by atoms with Gasteiger partial charge >= 0.3 is 17.6 Å². The van der Waals surface area contributed by atoms with Gasteiger partial charge < -0.3 is 26.6 Å². The van der Waals surface area contributed by atoms with Gasteiger partial charge in [-0.25, -0.2) is 0 Å². The maximum absolute atomic E-state index is 5.98. The monoisotopic (exact) mass is 952 g/mol. The van der Waals surface area contributed by atoms with E-state index in [9.17, 15) is 0 Å². The topological polar surface area (TPSA) is 55.4 Å². The van der Waals surface area contributed by atoms with E-state index in [-0.39, 0.29) is 0 Å². The van der Waals surface area contributed by atoms with E-state index in [2.05, 4.69) is 21.6 Å². The fraction of sp³-hybridized carbons (Fsp3) is 1.00. The molecule has 18 heteroatoms. The maximum atomic E-state index is 5.98. The second-order valence-corrected chi connectivity index (χ2v) is 33.9. The van der Waals surface area contributed by atoms with Crippen LogP contribution in [0.3, 0.4) is 0 Å². The Hall–Kier alpha value is 3.69. The molecule has 0 aromatic carbocycles. The van der Waals surface area contributed by atoms with Crippen molar-refractivity contribution in [2.45, 2.75) is 144 Å². The van der Waals surface area contributed by atoms with Crippen molar-refractivity contribution in [1.82, 2.24) is 0 Å². The van der Waals surface area contributed by atoms with Crippen molar-refractivity contribution in [2.75, 3.05) is 62.7 Å². The maximum Gasteiger partial charge on any atom is 0.500 e. The standard InChI is InChI=1S/C34H72O6S10Si2/c1-7-35-51(36-8-2,37-9-3)31-21-15-13-19-27-41-45-49-47-43-29-25-33-23-17-18-24-34(33)26-30-44-48-50-46-42-28-20-14-16-22-32-52(38-10-4,39-11-5)40-12-6/h33-34H,7-32H2,1-6H3. The summed E-state index contributed by atoms with van der Waals surface area (Å²) in [5.41, 5.74) is 0. The quantitative estimate of drug-likeness (QED) is 0.0332. The number of hydrogen-bond acceptors (Lipinski definition) is 16. The minimum absolute atomic E-state index is 0.667. The Balaban J connectivity index is 1.99. The molecular formula is C34H72O6S10Si2. The van der Waals surface area contributed by atoms with Crippen LogP contribution in [-0.4, -0.2) is 80.3 Å². The van der Waals surface area contributed by atoms with Crippen LogP contribution in [0.25, 0.3) is 0 Å². The third-order valence-electron chi connectivity index (χ3n) is 8.62. The summed E-state index contributed by atoms with van der Waals surface area (Å²) in [5.74, 6) is 6.93. The van der Waals surface area contributed by atoms with Crippen molar-refractivity contribution in [3.05, 3.63) is 0 Å². The van der Waals surface area contributed by atoms with Crippen molar-refractivity contribution in [3.8, 4) is 0 Å². The molecule has 0 heterocycles. The van der Waals surface area contributed by atoms with Crippen LogP contribution in [0.1, 0.15) is 131 Å². The van der Waals surface area contributed by atoms with Gasteiger partial charge in [-0.1, -0.05) is 94.5 Å². The predicted molar refractivity (Wildman–Crippen MR) is 258 cm³/mol. The van der Waals surface area contributed by atoms with E-state index in [1.807, 2.05) is 122 Å². The average Bonchev–Trinajstić information content (AvgIpc) is 3.13. The van der Waals surface area contributed by atoms with Crippen molar-refractivity contribution >= 4 is 120 Å². The molecule has 0 saturated heterocycles. The van der Waals surface area contributed by atoms with Gasteiger partial charge in [-0.3, -0.25) is 0 Å². The van der Waals surface area contributed by atoms with Gasteiger partial charge in [-0.15, -0.1) is 0 Å². The second kappa shape index (κ2) is 38.9. The van der Waals surface area contributed by atoms with Crippen molar-refractivity contribution in [2.24, 2.45) is 11.8 Å². The molecule has 0 N–H and O–H groups in total. The first-order valence-electron chi connectivity index (χ1n) is 19.9. The molecule has 1 aliphatic rings. The van der Waals surface area contributed by atoms with Crippen LogP contribution in [0.15, 0.2) is 0 Å². The lowest BCUT2D eigenvalue weighted by atomic mass is 9.76. The smallest absolute Gasteiger partial charge is 0.374 e. The highest BCUT2D eigenvalue weighted by atomic mass is 33.8. The molecule has 1 aliphatic carbocycles. The van der Waals surface area contributed by atoms with E-state index in [1.165, 1.54) is 100 Å². The molecule has 0 bridgehead atoms. The molecule has 2 unspecified atom stereocenters. The highest BCUT2D eigenvalue weighted by Gasteiger charge is 2.40. The Bertz CT molecular complexity index is 684. The molecule has 0 aliphatic heterocycles. The summed E-state index contributed by atoms with van der Waals surface area (Å²) < 4.78 is 35.9. The summed E-state index contributed by atoms with van der Waals surface area (Å²) in [6.07, 6.45) is 18.4. The minimum atomic E-state index is -2.46. The molecule has 1 fully saturated rings. The van der Waals surface area contributed by atoms with E-state index in [0.29, 0.717) is 39.6 Å². The zero-order valence-corrected chi connectivity index (χ0v) is 43.2. The summed E-state index contributed by atoms with van der Waals surface area (Å²) in [7, 11) is 15.1. The van der Waals surface area contributed by atoms with E-state index in [1.54, 1.807) is 0 Å². The fourth-order valence-electron chi connectivity index (χ4n) is 6.40. The van der Waals surface area contributed by atoms with Crippen LogP contribution in [0.4, 0.5) is 0 Å². The minimum Gasteiger partial charge on any atom is -0.374 e. The Morgan fingerprint density at radius 3 is 1.02 bits per heavy atom. The molecule has 0 amide bonds. The summed E-state index contributed by atoms with van der Waals surface area (Å²) in [6.45, 7) is 16.2. The molecule has 0 spiro atoms. The van der Waals surface area contributed by atoms with Gasteiger partial charge in [0.15, 0.2) is 0 Å².